The van der Waals surface area contributed by atoms with Crippen LogP contribution in [0, 0.1) is 12.8 Å². The van der Waals surface area contributed by atoms with Gasteiger partial charge in [0.25, 0.3) is 0 Å². The third-order valence-corrected chi connectivity index (χ3v) is 3.50. The van der Waals surface area contributed by atoms with Gasteiger partial charge < -0.3 is 10.8 Å². The van der Waals surface area contributed by atoms with Crippen LogP contribution in [-0.2, 0) is 11.2 Å². The molecular formula is C11H18N2O2S. The molecular weight excluding hydrogens is 224 g/mol. The Morgan fingerprint density at radius 1 is 1.56 bits per heavy atom. The van der Waals surface area contributed by atoms with Crippen LogP contribution >= 0.6 is 11.3 Å². The number of hydrogen-bond donors (Lipinski definition) is 2. The predicted octanol–water partition coefficient (Wildman–Crippen LogP) is 2.12. The van der Waals surface area contributed by atoms with Gasteiger partial charge in [-0.25, -0.2) is 4.98 Å². The summed E-state index contributed by atoms with van der Waals surface area (Å²) in [5.74, 6) is -0.320. The number of aliphatic carboxylic acids is 1. The average Bonchev–Trinajstić information content (AvgIpc) is 2.44. The molecule has 0 aromatic carbocycles. The lowest BCUT2D eigenvalue weighted by Gasteiger charge is -2.06. The zero-order valence-electron chi connectivity index (χ0n) is 9.86. The molecule has 0 amide bonds. The molecule has 5 heteroatoms. The first kappa shape index (κ1) is 13.1. The van der Waals surface area contributed by atoms with Crippen LogP contribution in [0.5, 0.6) is 0 Å². The van der Waals surface area contributed by atoms with Crippen LogP contribution in [0.25, 0.3) is 0 Å². The minimum atomic E-state index is -0.870. The number of rotatable bonds is 5. The van der Waals surface area contributed by atoms with Crippen LogP contribution in [0.2, 0.25) is 0 Å². The van der Waals surface area contributed by atoms with Crippen molar-refractivity contribution in [3.63, 3.8) is 0 Å². The lowest BCUT2D eigenvalue weighted by atomic mass is 10.1. The predicted molar refractivity (Wildman–Crippen MR) is 64.6 cm³/mol. The number of carboxylic acids is 1. The lowest BCUT2D eigenvalue weighted by Crippen LogP contribution is -2.14. The van der Waals surface area contributed by atoms with Gasteiger partial charge in [0.2, 0.25) is 0 Å². The van der Waals surface area contributed by atoms with E-state index in [0.29, 0.717) is 5.92 Å². The molecule has 0 radical (unpaired) electrons. The lowest BCUT2D eigenvalue weighted by molar-refractivity contribution is -0.137. The summed E-state index contributed by atoms with van der Waals surface area (Å²) in [5.41, 5.74) is 6.70. The van der Waals surface area contributed by atoms with Crippen LogP contribution in [0.3, 0.4) is 0 Å². The van der Waals surface area contributed by atoms with E-state index < -0.39 is 12.0 Å². The van der Waals surface area contributed by atoms with Gasteiger partial charge in [-0.2, -0.15) is 0 Å². The van der Waals surface area contributed by atoms with Gasteiger partial charge in [-0.3, -0.25) is 4.79 Å². The van der Waals surface area contributed by atoms with Crippen molar-refractivity contribution < 1.29 is 9.90 Å². The van der Waals surface area contributed by atoms with Crippen molar-refractivity contribution in [2.24, 2.45) is 11.7 Å². The molecule has 0 saturated carbocycles. The standard InChI is InChI=1S/C11H18N2O2S/c1-6(2)4-9-13-7(3)11(16-9)8(12)5-10(14)15/h6,8H,4-5,12H2,1-3H3,(H,14,15). The molecule has 3 N–H and O–H groups in total. The summed E-state index contributed by atoms with van der Waals surface area (Å²) in [6.07, 6.45) is 0.884. The fraction of sp³-hybridized carbons (Fsp3) is 0.636. The Morgan fingerprint density at radius 2 is 2.19 bits per heavy atom. The fourth-order valence-electron chi connectivity index (χ4n) is 1.53. The van der Waals surface area contributed by atoms with Gasteiger partial charge in [0.1, 0.15) is 0 Å². The van der Waals surface area contributed by atoms with Crippen LogP contribution < -0.4 is 5.73 Å². The Labute approximate surface area is 99.5 Å². The molecule has 1 unspecified atom stereocenters. The molecule has 1 aromatic rings. The van der Waals surface area contributed by atoms with E-state index in [9.17, 15) is 4.79 Å². The Morgan fingerprint density at radius 3 is 2.69 bits per heavy atom. The van der Waals surface area contributed by atoms with Crippen LogP contribution in [0.4, 0.5) is 0 Å². The largest absolute Gasteiger partial charge is 0.481 e. The first-order valence-electron chi connectivity index (χ1n) is 5.33. The second-order valence-electron chi connectivity index (χ2n) is 4.36. The van der Waals surface area contributed by atoms with Gasteiger partial charge in [-0.05, 0) is 12.8 Å². The monoisotopic (exact) mass is 242 g/mol. The number of nitrogens with two attached hydrogens (primary N) is 1. The van der Waals surface area contributed by atoms with Crippen LogP contribution in [0.1, 0.15) is 41.9 Å². The summed E-state index contributed by atoms with van der Waals surface area (Å²) in [7, 11) is 0. The molecule has 0 aliphatic carbocycles. The molecule has 0 aliphatic rings. The number of aromatic nitrogens is 1. The number of carboxylic acid groups (broad SMARTS) is 1. The van der Waals surface area contributed by atoms with Crippen molar-refractivity contribution in [3.8, 4) is 0 Å². The number of hydrogen-bond acceptors (Lipinski definition) is 4. The highest BCUT2D eigenvalue weighted by Gasteiger charge is 2.17. The molecule has 16 heavy (non-hydrogen) atoms. The van der Waals surface area contributed by atoms with Crippen molar-refractivity contribution in [3.05, 3.63) is 15.6 Å². The van der Waals surface area contributed by atoms with Gasteiger partial charge in [-0.15, -0.1) is 11.3 Å². The smallest absolute Gasteiger partial charge is 0.305 e. The summed E-state index contributed by atoms with van der Waals surface area (Å²) < 4.78 is 0. The van der Waals surface area contributed by atoms with E-state index in [1.54, 1.807) is 0 Å². The molecule has 1 aromatic heterocycles. The van der Waals surface area contributed by atoms with Gasteiger partial charge in [0.15, 0.2) is 0 Å². The third kappa shape index (κ3) is 3.57. The molecule has 90 valence electrons. The van der Waals surface area contributed by atoms with E-state index in [2.05, 4.69) is 18.8 Å². The molecule has 1 rings (SSSR count). The van der Waals surface area contributed by atoms with Crippen molar-refractivity contribution >= 4 is 17.3 Å². The first-order valence-corrected chi connectivity index (χ1v) is 6.15. The second kappa shape index (κ2) is 5.41. The maximum Gasteiger partial charge on any atom is 0.305 e. The van der Waals surface area contributed by atoms with Gasteiger partial charge in [-0.1, -0.05) is 13.8 Å². The fourth-order valence-corrected chi connectivity index (χ4v) is 2.81. The van der Waals surface area contributed by atoms with Gasteiger partial charge in [0, 0.05) is 11.3 Å². The molecule has 4 nitrogen and oxygen atoms in total. The van der Waals surface area contributed by atoms with Crippen molar-refractivity contribution in [1.29, 1.82) is 0 Å². The van der Waals surface area contributed by atoms with E-state index in [-0.39, 0.29) is 6.42 Å². The summed E-state index contributed by atoms with van der Waals surface area (Å²) in [4.78, 5) is 15.9. The van der Waals surface area contributed by atoms with Gasteiger partial charge >= 0.3 is 5.97 Å². The highest BCUT2D eigenvalue weighted by molar-refractivity contribution is 7.11. The average molecular weight is 242 g/mol. The van der Waals surface area contributed by atoms with Crippen molar-refractivity contribution in [2.45, 2.75) is 39.7 Å². The molecule has 1 heterocycles. The van der Waals surface area contributed by atoms with E-state index in [1.165, 1.54) is 11.3 Å². The van der Waals surface area contributed by atoms with Crippen molar-refractivity contribution in [1.82, 2.24) is 4.98 Å². The van der Waals surface area contributed by atoms with Crippen LogP contribution in [-0.4, -0.2) is 16.1 Å². The summed E-state index contributed by atoms with van der Waals surface area (Å²) in [6.45, 7) is 6.15. The zero-order chi connectivity index (χ0) is 12.3. The Bertz CT molecular complexity index is 374. The summed E-state index contributed by atoms with van der Waals surface area (Å²) in [6, 6.07) is -0.434. The molecule has 1 atom stereocenters. The molecule has 0 saturated heterocycles. The molecule has 0 aliphatic heterocycles. The zero-order valence-corrected chi connectivity index (χ0v) is 10.7. The Hall–Kier alpha value is -0.940. The third-order valence-electron chi connectivity index (χ3n) is 2.19. The first-order chi connectivity index (χ1) is 7.40. The van der Waals surface area contributed by atoms with E-state index in [4.69, 9.17) is 10.8 Å². The molecule has 0 fully saturated rings. The highest BCUT2D eigenvalue weighted by atomic mass is 32.1. The quantitative estimate of drug-likeness (QED) is 0.829. The topological polar surface area (TPSA) is 76.2 Å². The second-order valence-corrected chi connectivity index (χ2v) is 5.47. The maximum absolute atomic E-state index is 10.6. The summed E-state index contributed by atoms with van der Waals surface area (Å²) >= 11 is 1.54. The van der Waals surface area contributed by atoms with E-state index in [0.717, 1.165) is 22.0 Å². The minimum absolute atomic E-state index is 0.0375. The molecule has 0 bridgehead atoms. The number of nitrogens with zero attached hydrogens (tertiary/aromatic N) is 1. The summed E-state index contributed by atoms with van der Waals surface area (Å²) in [5, 5.41) is 9.74. The van der Waals surface area contributed by atoms with Gasteiger partial charge in [0.05, 0.1) is 23.2 Å². The maximum atomic E-state index is 10.6. The number of thiazole rings is 1. The van der Waals surface area contributed by atoms with E-state index >= 15 is 0 Å². The number of carbonyl (C=O) groups is 1. The van der Waals surface area contributed by atoms with E-state index in [1.807, 2.05) is 6.92 Å². The Balaban J connectivity index is 2.80. The highest BCUT2D eigenvalue weighted by Crippen LogP contribution is 2.27. The SMILES string of the molecule is Cc1nc(CC(C)C)sc1C(N)CC(=O)O. The van der Waals surface area contributed by atoms with Crippen LogP contribution in [0.15, 0.2) is 0 Å². The van der Waals surface area contributed by atoms with Crippen molar-refractivity contribution in [2.75, 3.05) is 0 Å². The normalized spacial score (nSPS) is 13.1. The number of aryl methyl sites for hydroxylation is 1. The Kier molecular flexibility index (Phi) is 4.44. The molecule has 0 spiro atoms. The minimum Gasteiger partial charge on any atom is -0.481 e.